The molecule has 0 bridgehead atoms. The van der Waals surface area contributed by atoms with E-state index in [1.807, 2.05) is 0 Å². The van der Waals surface area contributed by atoms with Gasteiger partial charge in [-0.1, -0.05) is 11.6 Å². The van der Waals surface area contributed by atoms with Gasteiger partial charge < -0.3 is 20.1 Å². The van der Waals surface area contributed by atoms with Crippen LogP contribution in [0.4, 0.5) is 11.4 Å². The average molecular weight is 417 g/mol. The molecule has 2 amide bonds. The zero-order valence-electron chi connectivity index (χ0n) is 16.3. The van der Waals surface area contributed by atoms with Gasteiger partial charge in [0.25, 0.3) is 5.91 Å². The number of halogens is 1. The molecule has 29 heavy (non-hydrogen) atoms. The van der Waals surface area contributed by atoms with Crippen LogP contribution in [0.5, 0.6) is 5.75 Å². The summed E-state index contributed by atoms with van der Waals surface area (Å²) in [6, 6.07) is 8.19. The van der Waals surface area contributed by atoms with E-state index in [2.05, 4.69) is 10.6 Å². The lowest BCUT2D eigenvalue weighted by atomic mass is 10.0. The Morgan fingerprint density at radius 3 is 2.69 bits per heavy atom. The molecule has 2 aromatic carbocycles. The van der Waals surface area contributed by atoms with E-state index >= 15 is 0 Å². The number of nitrogens with one attached hydrogen (secondary N) is 2. The maximum absolute atomic E-state index is 12.5. The van der Waals surface area contributed by atoms with Gasteiger partial charge in [0.1, 0.15) is 5.75 Å². The number of aryl methyl sites for hydroxylation is 2. The molecule has 3 rings (SSSR count). The van der Waals surface area contributed by atoms with Gasteiger partial charge in [0.15, 0.2) is 6.10 Å². The lowest BCUT2D eigenvalue weighted by Gasteiger charge is -2.18. The van der Waals surface area contributed by atoms with Crippen LogP contribution in [-0.4, -0.2) is 31.0 Å². The van der Waals surface area contributed by atoms with Crippen molar-refractivity contribution in [1.29, 1.82) is 0 Å². The van der Waals surface area contributed by atoms with E-state index in [-0.39, 0.29) is 5.91 Å². The number of hydrogen-bond donors (Lipinski definition) is 2. The second-order valence-electron chi connectivity index (χ2n) is 6.76. The molecule has 1 unspecified atom stereocenters. The quantitative estimate of drug-likeness (QED) is 0.724. The molecule has 7 nitrogen and oxygen atoms in total. The van der Waals surface area contributed by atoms with Gasteiger partial charge in [-0.3, -0.25) is 9.59 Å². The number of methoxy groups -OCH3 is 1. The Morgan fingerprint density at radius 1 is 1.21 bits per heavy atom. The Bertz CT molecular complexity index is 989. The minimum atomic E-state index is -1.03. The molecule has 0 aliphatic carbocycles. The van der Waals surface area contributed by atoms with E-state index in [0.717, 1.165) is 11.1 Å². The molecule has 1 heterocycles. The predicted octanol–water partition coefficient (Wildman–Crippen LogP) is 3.73. The van der Waals surface area contributed by atoms with E-state index in [4.69, 9.17) is 21.1 Å². The van der Waals surface area contributed by atoms with Crippen molar-refractivity contribution in [2.75, 3.05) is 17.7 Å². The molecule has 0 radical (unpaired) electrons. The Balaban J connectivity index is 1.68. The molecular weight excluding hydrogens is 396 g/mol. The third-order valence-electron chi connectivity index (χ3n) is 4.63. The summed E-state index contributed by atoms with van der Waals surface area (Å²) in [4.78, 5) is 36.4. The maximum atomic E-state index is 12.5. The summed E-state index contributed by atoms with van der Waals surface area (Å²) in [5.74, 6) is -0.759. The number of rotatable bonds is 5. The SMILES string of the molecule is COc1cc(Cl)c(C)cc1NC(=O)C(C)OC(=O)c1ccc2c(c1)CCC(=O)N2. The van der Waals surface area contributed by atoms with Crippen molar-refractivity contribution < 1.29 is 23.9 Å². The second kappa shape index (κ2) is 8.53. The minimum Gasteiger partial charge on any atom is -0.495 e. The Hall–Kier alpha value is -3.06. The molecule has 8 heteroatoms. The lowest BCUT2D eigenvalue weighted by molar-refractivity contribution is -0.123. The van der Waals surface area contributed by atoms with Gasteiger partial charge in [0.05, 0.1) is 18.4 Å². The summed E-state index contributed by atoms with van der Waals surface area (Å²) >= 11 is 6.07. The number of carbonyl (C=O) groups excluding carboxylic acids is 3. The zero-order valence-corrected chi connectivity index (χ0v) is 17.1. The van der Waals surface area contributed by atoms with Crippen LogP contribution in [0.25, 0.3) is 0 Å². The normalized spacial score (nSPS) is 13.7. The van der Waals surface area contributed by atoms with Crippen LogP contribution in [-0.2, 0) is 20.7 Å². The largest absolute Gasteiger partial charge is 0.495 e. The highest BCUT2D eigenvalue weighted by atomic mass is 35.5. The molecule has 0 saturated heterocycles. The number of fused-ring (bicyclic) bond motifs is 1. The fraction of sp³-hybridized carbons (Fsp3) is 0.286. The van der Waals surface area contributed by atoms with Crippen LogP contribution >= 0.6 is 11.6 Å². The van der Waals surface area contributed by atoms with Crippen molar-refractivity contribution in [3.05, 3.63) is 52.0 Å². The van der Waals surface area contributed by atoms with Gasteiger partial charge in [-0.25, -0.2) is 4.79 Å². The highest BCUT2D eigenvalue weighted by Gasteiger charge is 2.22. The summed E-state index contributed by atoms with van der Waals surface area (Å²) in [6.07, 6.45) is -0.111. The van der Waals surface area contributed by atoms with Crippen molar-refractivity contribution in [3.63, 3.8) is 0 Å². The molecule has 2 aromatic rings. The van der Waals surface area contributed by atoms with Crippen molar-refractivity contribution in [1.82, 2.24) is 0 Å². The van der Waals surface area contributed by atoms with Crippen LogP contribution in [0, 0.1) is 6.92 Å². The monoisotopic (exact) mass is 416 g/mol. The Morgan fingerprint density at radius 2 is 1.97 bits per heavy atom. The molecular formula is C21H21ClN2O5. The summed E-state index contributed by atoms with van der Waals surface area (Å²) < 4.78 is 10.5. The number of anilines is 2. The van der Waals surface area contributed by atoms with Crippen LogP contribution < -0.4 is 15.4 Å². The van der Waals surface area contributed by atoms with E-state index in [0.29, 0.717) is 40.6 Å². The maximum Gasteiger partial charge on any atom is 0.338 e. The highest BCUT2D eigenvalue weighted by molar-refractivity contribution is 6.31. The fourth-order valence-corrected chi connectivity index (χ4v) is 3.11. The van der Waals surface area contributed by atoms with E-state index < -0.39 is 18.0 Å². The fourth-order valence-electron chi connectivity index (χ4n) is 2.96. The van der Waals surface area contributed by atoms with Crippen LogP contribution in [0.3, 0.4) is 0 Å². The van der Waals surface area contributed by atoms with Crippen molar-refractivity contribution >= 4 is 40.8 Å². The summed E-state index contributed by atoms with van der Waals surface area (Å²) in [5, 5.41) is 5.97. The third-order valence-corrected chi connectivity index (χ3v) is 5.04. The predicted molar refractivity (Wildman–Crippen MR) is 110 cm³/mol. The number of amides is 2. The zero-order chi connectivity index (χ0) is 21.1. The van der Waals surface area contributed by atoms with Gasteiger partial charge in [-0.15, -0.1) is 0 Å². The van der Waals surface area contributed by atoms with E-state index in [1.165, 1.54) is 14.0 Å². The molecule has 0 spiro atoms. The van der Waals surface area contributed by atoms with Crippen molar-refractivity contribution in [3.8, 4) is 5.75 Å². The first-order valence-electron chi connectivity index (χ1n) is 9.07. The average Bonchev–Trinajstić information content (AvgIpc) is 2.69. The molecule has 0 fully saturated rings. The van der Waals surface area contributed by atoms with Gasteiger partial charge in [-0.05, 0) is 55.7 Å². The first-order chi connectivity index (χ1) is 13.8. The van der Waals surface area contributed by atoms with E-state index in [9.17, 15) is 14.4 Å². The molecule has 0 saturated carbocycles. The Labute approximate surface area is 173 Å². The minimum absolute atomic E-state index is 0.0500. The van der Waals surface area contributed by atoms with Gasteiger partial charge in [0.2, 0.25) is 5.91 Å². The van der Waals surface area contributed by atoms with Gasteiger partial charge >= 0.3 is 5.97 Å². The lowest BCUT2D eigenvalue weighted by Crippen LogP contribution is -2.30. The topological polar surface area (TPSA) is 93.7 Å². The first-order valence-corrected chi connectivity index (χ1v) is 9.45. The molecule has 1 aliphatic heterocycles. The second-order valence-corrected chi connectivity index (χ2v) is 7.17. The molecule has 0 aromatic heterocycles. The van der Waals surface area contributed by atoms with Crippen LogP contribution in [0.15, 0.2) is 30.3 Å². The highest BCUT2D eigenvalue weighted by Crippen LogP contribution is 2.31. The number of esters is 1. The Kier molecular flexibility index (Phi) is 6.08. The van der Waals surface area contributed by atoms with E-state index in [1.54, 1.807) is 37.3 Å². The molecule has 1 atom stereocenters. The summed E-state index contributed by atoms with van der Waals surface area (Å²) in [7, 11) is 1.47. The first kappa shape index (κ1) is 20.7. The van der Waals surface area contributed by atoms with Crippen LogP contribution in [0.2, 0.25) is 5.02 Å². The number of benzene rings is 2. The standard InChI is InChI=1S/C21H21ClN2O5/c1-11-8-17(18(28-3)10-15(11)22)24-20(26)12(2)29-21(27)14-4-6-16-13(9-14)5-7-19(25)23-16/h4,6,8-10,12H,5,7H2,1-3H3,(H,23,25)(H,24,26). The molecule has 152 valence electrons. The van der Waals surface area contributed by atoms with Gasteiger partial charge in [0, 0.05) is 23.2 Å². The number of ether oxygens (including phenoxy) is 2. The molecule has 2 N–H and O–H groups in total. The number of hydrogen-bond acceptors (Lipinski definition) is 5. The van der Waals surface area contributed by atoms with Gasteiger partial charge in [-0.2, -0.15) is 0 Å². The van der Waals surface area contributed by atoms with Crippen molar-refractivity contribution in [2.45, 2.75) is 32.8 Å². The molecule has 1 aliphatic rings. The van der Waals surface area contributed by atoms with Crippen LogP contribution in [0.1, 0.15) is 34.8 Å². The van der Waals surface area contributed by atoms with Crippen molar-refractivity contribution in [2.24, 2.45) is 0 Å². The smallest absolute Gasteiger partial charge is 0.338 e. The summed E-state index contributed by atoms with van der Waals surface area (Å²) in [6.45, 7) is 3.29. The summed E-state index contributed by atoms with van der Waals surface area (Å²) in [5.41, 5.74) is 3.08. The number of carbonyl (C=O) groups is 3. The third kappa shape index (κ3) is 4.68.